The Bertz CT molecular complexity index is 627. The number of ether oxygens (including phenoxy) is 1. The highest BCUT2D eigenvalue weighted by Crippen LogP contribution is 2.22. The van der Waals surface area contributed by atoms with Gasteiger partial charge in [0.25, 0.3) is 0 Å². The second kappa shape index (κ2) is 6.61. The highest BCUT2D eigenvalue weighted by atomic mass is 35.5. The summed E-state index contributed by atoms with van der Waals surface area (Å²) >= 11 is 5.73. The summed E-state index contributed by atoms with van der Waals surface area (Å²) < 4.78 is 33.3. The van der Waals surface area contributed by atoms with E-state index in [0.717, 1.165) is 0 Å². The SMILES string of the molecule is O=C(O)c1cc(Cl)ccc1NS(=O)(=O)N1CCCOCC1. The molecule has 0 atom stereocenters. The molecule has 0 aromatic heterocycles. The molecule has 2 N–H and O–H groups in total. The fourth-order valence-electron chi connectivity index (χ4n) is 1.95. The van der Waals surface area contributed by atoms with Gasteiger partial charge in [0.2, 0.25) is 0 Å². The van der Waals surface area contributed by atoms with Gasteiger partial charge in [0, 0.05) is 24.7 Å². The van der Waals surface area contributed by atoms with Gasteiger partial charge in [-0.3, -0.25) is 4.72 Å². The number of carboxylic acids is 1. The van der Waals surface area contributed by atoms with E-state index in [1.54, 1.807) is 0 Å². The quantitative estimate of drug-likeness (QED) is 0.868. The topological polar surface area (TPSA) is 95.9 Å². The molecule has 116 valence electrons. The van der Waals surface area contributed by atoms with Crippen LogP contribution in [0.25, 0.3) is 0 Å². The van der Waals surface area contributed by atoms with E-state index in [1.807, 2.05) is 0 Å². The molecule has 0 aliphatic carbocycles. The Morgan fingerprint density at radius 1 is 1.33 bits per heavy atom. The van der Waals surface area contributed by atoms with Crippen LogP contribution in [0.4, 0.5) is 5.69 Å². The van der Waals surface area contributed by atoms with Gasteiger partial charge >= 0.3 is 16.2 Å². The number of hydrogen-bond acceptors (Lipinski definition) is 4. The molecule has 0 radical (unpaired) electrons. The van der Waals surface area contributed by atoms with Crippen LogP contribution in [-0.2, 0) is 14.9 Å². The van der Waals surface area contributed by atoms with E-state index in [1.165, 1.54) is 22.5 Å². The van der Waals surface area contributed by atoms with E-state index in [0.29, 0.717) is 26.2 Å². The van der Waals surface area contributed by atoms with Crippen LogP contribution in [0.2, 0.25) is 5.02 Å². The van der Waals surface area contributed by atoms with Crippen LogP contribution in [0.3, 0.4) is 0 Å². The first-order chi connectivity index (χ1) is 9.90. The molecular formula is C12H15ClN2O5S. The van der Waals surface area contributed by atoms with Crippen molar-refractivity contribution >= 4 is 33.5 Å². The molecule has 1 fully saturated rings. The number of halogens is 1. The Kier molecular flexibility index (Phi) is 5.04. The number of hydrogen-bond donors (Lipinski definition) is 2. The van der Waals surface area contributed by atoms with Crippen molar-refractivity contribution in [2.24, 2.45) is 0 Å². The van der Waals surface area contributed by atoms with E-state index in [2.05, 4.69) is 4.72 Å². The van der Waals surface area contributed by atoms with E-state index in [9.17, 15) is 13.2 Å². The molecule has 1 heterocycles. The molecule has 0 unspecified atom stereocenters. The Morgan fingerprint density at radius 2 is 2.10 bits per heavy atom. The van der Waals surface area contributed by atoms with E-state index in [-0.39, 0.29) is 22.8 Å². The predicted octanol–water partition coefficient (Wildman–Crippen LogP) is 1.42. The third-order valence-corrected chi connectivity index (χ3v) is 4.73. The summed E-state index contributed by atoms with van der Waals surface area (Å²) in [5.41, 5.74) is -0.214. The Morgan fingerprint density at radius 3 is 2.81 bits per heavy atom. The van der Waals surface area contributed by atoms with Crippen molar-refractivity contribution in [2.45, 2.75) is 6.42 Å². The van der Waals surface area contributed by atoms with Crippen molar-refractivity contribution in [3.05, 3.63) is 28.8 Å². The smallest absolute Gasteiger partial charge is 0.337 e. The van der Waals surface area contributed by atoms with Gasteiger partial charge in [0.1, 0.15) is 0 Å². The number of aromatic carboxylic acids is 1. The first kappa shape index (κ1) is 16.0. The third kappa shape index (κ3) is 4.07. The van der Waals surface area contributed by atoms with Crippen LogP contribution in [0.15, 0.2) is 18.2 Å². The zero-order valence-corrected chi connectivity index (χ0v) is 12.7. The van der Waals surface area contributed by atoms with Crippen molar-refractivity contribution in [2.75, 3.05) is 31.0 Å². The summed E-state index contributed by atoms with van der Waals surface area (Å²) in [7, 11) is -3.83. The van der Waals surface area contributed by atoms with Gasteiger partial charge in [0.15, 0.2) is 0 Å². The lowest BCUT2D eigenvalue weighted by atomic mass is 10.2. The molecule has 21 heavy (non-hydrogen) atoms. The fraction of sp³-hybridized carbons (Fsp3) is 0.417. The molecule has 1 aliphatic heterocycles. The van der Waals surface area contributed by atoms with Crippen LogP contribution in [0.5, 0.6) is 0 Å². The largest absolute Gasteiger partial charge is 0.478 e. The fourth-order valence-corrected chi connectivity index (χ4v) is 3.39. The normalized spacial score (nSPS) is 17.2. The molecule has 0 saturated carbocycles. The summed E-state index contributed by atoms with van der Waals surface area (Å²) in [4.78, 5) is 11.2. The highest BCUT2D eigenvalue weighted by molar-refractivity contribution is 7.90. The second-order valence-corrected chi connectivity index (χ2v) is 6.57. The minimum atomic E-state index is -3.83. The van der Waals surface area contributed by atoms with E-state index >= 15 is 0 Å². The Labute approximate surface area is 127 Å². The van der Waals surface area contributed by atoms with Crippen LogP contribution in [-0.4, -0.2) is 50.1 Å². The maximum absolute atomic E-state index is 12.3. The lowest BCUT2D eigenvalue weighted by molar-refractivity contribution is 0.0698. The van der Waals surface area contributed by atoms with Gasteiger partial charge in [-0.1, -0.05) is 11.6 Å². The second-order valence-electron chi connectivity index (χ2n) is 4.47. The van der Waals surface area contributed by atoms with Crippen LogP contribution < -0.4 is 4.72 Å². The minimum absolute atomic E-state index is 0.0166. The number of carbonyl (C=O) groups is 1. The first-order valence-electron chi connectivity index (χ1n) is 6.28. The van der Waals surface area contributed by atoms with Gasteiger partial charge < -0.3 is 9.84 Å². The monoisotopic (exact) mass is 334 g/mol. The lowest BCUT2D eigenvalue weighted by Gasteiger charge is -2.21. The van der Waals surface area contributed by atoms with Crippen LogP contribution >= 0.6 is 11.6 Å². The zero-order valence-electron chi connectivity index (χ0n) is 11.1. The lowest BCUT2D eigenvalue weighted by Crippen LogP contribution is -2.37. The molecule has 1 aliphatic rings. The molecule has 1 aromatic rings. The van der Waals surface area contributed by atoms with Gasteiger partial charge in [-0.05, 0) is 24.6 Å². The van der Waals surface area contributed by atoms with Gasteiger partial charge in [0.05, 0.1) is 17.9 Å². The Hall–Kier alpha value is -1.35. The molecule has 9 heteroatoms. The molecule has 2 rings (SSSR count). The number of nitrogens with zero attached hydrogens (tertiary/aromatic N) is 1. The first-order valence-corrected chi connectivity index (χ1v) is 8.10. The highest BCUT2D eigenvalue weighted by Gasteiger charge is 2.25. The van der Waals surface area contributed by atoms with Crippen molar-refractivity contribution in [3.8, 4) is 0 Å². The van der Waals surface area contributed by atoms with Crippen molar-refractivity contribution < 1.29 is 23.1 Å². The number of anilines is 1. The van der Waals surface area contributed by atoms with Crippen molar-refractivity contribution in [1.29, 1.82) is 0 Å². The molecule has 0 bridgehead atoms. The summed E-state index contributed by atoms with van der Waals surface area (Å²) in [5.74, 6) is -1.26. The summed E-state index contributed by atoms with van der Waals surface area (Å²) in [6, 6.07) is 3.96. The Balaban J connectivity index is 2.25. The van der Waals surface area contributed by atoms with Crippen molar-refractivity contribution in [3.63, 3.8) is 0 Å². The zero-order chi connectivity index (χ0) is 15.5. The summed E-state index contributed by atoms with van der Waals surface area (Å²) in [5, 5.41) is 9.34. The molecule has 1 aromatic carbocycles. The van der Waals surface area contributed by atoms with Gasteiger partial charge in [-0.15, -0.1) is 0 Å². The summed E-state index contributed by atoms with van der Waals surface area (Å²) in [6.07, 6.45) is 0.591. The molecule has 0 spiro atoms. The minimum Gasteiger partial charge on any atom is -0.478 e. The van der Waals surface area contributed by atoms with Gasteiger partial charge in [-0.25, -0.2) is 4.79 Å². The predicted molar refractivity (Wildman–Crippen MR) is 78.0 cm³/mol. The average Bonchev–Trinajstić information content (AvgIpc) is 2.70. The van der Waals surface area contributed by atoms with Gasteiger partial charge in [-0.2, -0.15) is 12.7 Å². The van der Waals surface area contributed by atoms with E-state index in [4.69, 9.17) is 21.4 Å². The molecule has 1 saturated heterocycles. The number of carboxylic acid groups (broad SMARTS) is 1. The number of benzene rings is 1. The van der Waals surface area contributed by atoms with E-state index < -0.39 is 16.2 Å². The third-order valence-electron chi connectivity index (χ3n) is 2.97. The van der Waals surface area contributed by atoms with Crippen LogP contribution in [0.1, 0.15) is 16.8 Å². The summed E-state index contributed by atoms with van der Waals surface area (Å²) in [6.45, 7) is 1.37. The van der Waals surface area contributed by atoms with Crippen LogP contribution in [0, 0.1) is 0 Å². The number of rotatable bonds is 4. The standard InChI is InChI=1S/C12H15ClN2O5S/c13-9-2-3-11(10(8-9)12(16)17)14-21(18,19)15-4-1-6-20-7-5-15/h2-3,8,14H,1,4-7H2,(H,16,17). The average molecular weight is 335 g/mol. The number of nitrogens with one attached hydrogen (secondary N) is 1. The van der Waals surface area contributed by atoms with Crippen molar-refractivity contribution in [1.82, 2.24) is 4.31 Å². The maximum Gasteiger partial charge on any atom is 0.337 e. The maximum atomic E-state index is 12.3. The molecule has 0 amide bonds. The molecular weight excluding hydrogens is 320 g/mol. The molecule has 7 nitrogen and oxygen atoms in total.